The standard InChI is InChI=1S/C29H21N3/c1-17-20-14-15-31-29(20)32(28(17)30)19-7-4-6-18(16-19)21-12-13-26-23-9-3-2-8-22(23)25-11-5-10-24(21)27(25)26/h2-16,31H,30H2,1H3. The molecule has 0 amide bonds. The first-order valence-corrected chi connectivity index (χ1v) is 10.9. The number of benzene rings is 4. The molecule has 0 saturated carbocycles. The number of anilines is 1. The van der Waals surface area contributed by atoms with Crippen LogP contribution in [0.15, 0.2) is 91.1 Å². The number of nitrogens with one attached hydrogen (secondary N) is 1. The Morgan fingerprint density at radius 3 is 2.25 bits per heavy atom. The summed E-state index contributed by atoms with van der Waals surface area (Å²) in [5.41, 5.74) is 17.4. The largest absolute Gasteiger partial charge is 0.385 e. The minimum absolute atomic E-state index is 0.778. The summed E-state index contributed by atoms with van der Waals surface area (Å²) in [6.07, 6.45) is 1.97. The minimum atomic E-state index is 0.778. The van der Waals surface area contributed by atoms with Crippen molar-refractivity contribution < 1.29 is 0 Å². The Morgan fingerprint density at radius 1 is 0.688 bits per heavy atom. The predicted octanol–water partition coefficient (Wildman–Crippen LogP) is 7.32. The van der Waals surface area contributed by atoms with Gasteiger partial charge >= 0.3 is 0 Å². The van der Waals surface area contributed by atoms with Gasteiger partial charge < -0.3 is 10.7 Å². The predicted molar refractivity (Wildman–Crippen MR) is 134 cm³/mol. The van der Waals surface area contributed by atoms with Crippen LogP contribution in [-0.2, 0) is 0 Å². The summed E-state index contributed by atoms with van der Waals surface area (Å²) in [5, 5.41) is 3.80. The van der Waals surface area contributed by atoms with E-state index < -0.39 is 0 Å². The van der Waals surface area contributed by atoms with Gasteiger partial charge in [0, 0.05) is 22.8 Å². The van der Waals surface area contributed by atoms with Crippen LogP contribution in [0.1, 0.15) is 5.56 Å². The molecule has 7 rings (SSSR count). The van der Waals surface area contributed by atoms with E-state index in [1.54, 1.807) is 0 Å². The van der Waals surface area contributed by atoms with Crippen LogP contribution in [0.2, 0.25) is 0 Å². The van der Waals surface area contributed by atoms with Crippen molar-refractivity contribution in [3.8, 4) is 39.1 Å². The average molecular weight is 412 g/mol. The first-order chi connectivity index (χ1) is 15.7. The number of aromatic nitrogens is 2. The van der Waals surface area contributed by atoms with E-state index in [4.69, 9.17) is 5.73 Å². The number of aryl methyl sites for hydroxylation is 1. The summed E-state index contributed by atoms with van der Waals surface area (Å²) < 4.78 is 2.12. The van der Waals surface area contributed by atoms with Gasteiger partial charge in [0.1, 0.15) is 11.5 Å². The highest BCUT2D eigenvalue weighted by atomic mass is 15.1. The molecule has 2 aromatic heterocycles. The fourth-order valence-corrected chi connectivity index (χ4v) is 5.42. The van der Waals surface area contributed by atoms with Gasteiger partial charge in [-0.25, -0.2) is 0 Å². The van der Waals surface area contributed by atoms with E-state index in [1.165, 1.54) is 44.2 Å². The normalized spacial score (nSPS) is 12.0. The Morgan fingerprint density at radius 2 is 1.41 bits per heavy atom. The SMILES string of the molecule is Cc1c(N)n(-c2cccc(-c3ccc4c5c(cccc35)-c3ccccc3-4)c2)c2[nH]ccc12. The number of rotatable bonds is 2. The number of nitrogens with two attached hydrogens (primary N) is 1. The summed E-state index contributed by atoms with van der Waals surface area (Å²) in [5.74, 6) is 0.778. The fraction of sp³-hybridized carbons (Fsp3) is 0.0345. The van der Waals surface area contributed by atoms with E-state index in [2.05, 4.69) is 101 Å². The van der Waals surface area contributed by atoms with Crippen molar-refractivity contribution in [1.82, 2.24) is 9.55 Å². The number of hydrogen-bond donors (Lipinski definition) is 2. The smallest absolute Gasteiger partial charge is 0.123 e. The maximum atomic E-state index is 6.51. The first-order valence-electron chi connectivity index (χ1n) is 10.9. The molecule has 0 fully saturated rings. The summed E-state index contributed by atoms with van der Waals surface area (Å²) in [6.45, 7) is 2.08. The molecule has 3 nitrogen and oxygen atoms in total. The van der Waals surface area contributed by atoms with Crippen molar-refractivity contribution in [3.63, 3.8) is 0 Å². The van der Waals surface area contributed by atoms with Gasteiger partial charge in [0.25, 0.3) is 0 Å². The zero-order valence-corrected chi connectivity index (χ0v) is 17.7. The molecule has 3 N–H and O–H groups in total. The summed E-state index contributed by atoms with van der Waals surface area (Å²) in [6, 6.07) is 30.6. The molecule has 0 atom stereocenters. The van der Waals surface area contributed by atoms with Crippen LogP contribution < -0.4 is 5.73 Å². The number of fused-ring (bicyclic) bond motifs is 4. The van der Waals surface area contributed by atoms with Crippen LogP contribution in [0.25, 0.3) is 60.9 Å². The molecule has 2 heterocycles. The first kappa shape index (κ1) is 17.4. The van der Waals surface area contributed by atoms with E-state index in [-0.39, 0.29) is 0 Å². The second-order valence-corrected chi connectivity index (χ2v) is 8.57. The highest BCUT2D eigenvalue weighted by Crippen LogP contribution is 2.49. The van der Waals surface area contributed by atoms with Gasteiger partial charge in [-0.05, 0) is 69.3 Å². The Kier molecular flexibility index (Phi) is 3.35. The molecule has 0 saturated heterocycles. The van der Waals surface area contributed by atoms with Crippen molar-refractivity contribution >= 4 is 27.6 Å². The van der Waals surface area contributed by atoms with E-state index >= 15 is 0 Å². The molecule has 4 aromatic carbocycles. The Bertz CT molecular complexity index is 1670. The number of aromatic amines is 1. The van der Waals surface area contributed by atoms with E-state index in [0.717, 1.165) is 28.1 Å². The zero-order valence-electron chi connectivity index (χ0n) is 17.7. The van der Waals surface area contributed by atoms with Gasteiger partial charge in [-0.3, -0.25) is 4.57 Å². The summed E-state index contributed by atoms with van der Waals surface area (Å²) >= 11 is 0. The monoisotopic (exact) mass is 411 g/mol. The lowest BCUT2D eigenvalue weighted by atomic mass is 9.94. The molecule has 152 valence electrons. The average Bonchev–Trinajstić information content (AvgIpc) is 3.50. The molecule has 32 heavy (non-hydrogen) atoms. The van der Waals surface area contributed by atoms with Gasteiger partial charge in [-0.1, -0.05) is 66.7 Å². The Hall–Kier alpha value is -4.24. The lowest BCUT2D eigenvalue weighted by Gasteiger charge is -2.13. The van der Waals surface area contributed by atoms with Crippen molar-refractivity contribution in [3.05, 3.63) is 96.7 Å². The van der Waals surface area contributed by atoms with E-state index in [1.807, 2.05) is 6.20 Å². The van der Waals surface area contributed by atoms with Crippen LogP contribution in [0.4, 0.5) is 5.82 Å². The van der Waals surface area contributed by atoms with Gasteiger partial charge in [-0.15, -0.1) is 0 Å². The van der Waals surface area contributed by atoms with Gasteiger partial charge in [0.15, 0.2) is 0 Å². The van der Waals surface area contributed by atoms with Crippen LogP contribution >= 0.6 is 0 Å². The molecule has 0 spiro atoms. The minimum Gasteiger partial charge on any atom is -0.385 e. The molecule has 0 bridgehead atoms. The highest BCUT2D eigenvalue weighted by molar-refractivity contribution is 6.18. The van der Waals surface area contributed by atoms with Crippen LogP contribution in [0.5, 0.6) is 0 Å². The number of H-pyrrole nitrogens is 1. The molecule has 3 heteroatoms. The van der Waals surface area contributed by atoms with Crippen molar-refractivity contribution in [2.45, 2.75) is 6.92 Å². The molecular formula is C29H21N3. The molecule has 6 aromatic rings. The topological polar surface area (TPSA) is 46.7 Å². The highest BCUT2D eigenvalue weighted by Gasteiger charge is 2.22. The number of nitrogens with zero attached hydrogens (tertiary/aromatic N) is 1. The van der Waals surface area contributed by atoms with Crippen molar-refractivity contribution in [2.75, 3.05) is 5.73 Å². The summed E-state index contributed by atoms with van der Waals surface area (Å²) in [7, 11) is 0. The maximum absolute atomic E-state index is 6.51. The zero-order chi connectivity index (χ0) is 21.4. The molecule has 1 aliphatic rings. The fourth-order valence-electron chi connectivity index (χ4n) is 5.42. The van der Waals surface area contributed by atoms with Crippen LogP contribution in [-0.4, -0.2) is 9.55 Å². The Balaban J connectivity index is 1.47. The quantitative estimate of drug-likeness (QED) is 0.308. The van der Waals surface area contributed by atoms with Gasteiger partial charge in [0.2, 0.25) is 0 Å². The summed E-state index contributed by atoms with van der Waals surface area (Å²) in [4.78, 5) is 3.35. The second kappa shape index (κ2) is 6.14. The second-order valence-electron chi connectivity index (χ2n) is 8.57. The number of nitrogen functional groups attached to an aromatic ring is 1. The third-order valence-electron chi connectivity index (χ3n) is 6.94. The Labute approximate surface area is 185 Å². The molecule has 0 unspecified atom stereocenters. The molecule has 0 radical (unpaired) electrons. The third kappa shape index (κ3) is 2.15. The van der Waals surface area contributed by atoms with Gasteiger partial charge in [-0.2, -0.15) is 0 Å². The molecule has 1 aliphatic carbocycles. The third-order valence-corrected chi connectivity index (χ3v) is 6.94. The number of hydrogen-bond acceptors (Lipinski definition) is 1. The maximum Gasteiger partial charge on any atom is 0.123 e. The molecule has 0 aliphatic heterocycles. The van der Waals surface area contributed by atoms with E-state index in [9.17, 15) is 0 Å². The van der Waals surface area contributed by atoms with E-state index in [0.29, 0.717) is 0 Å². The molecular weight excluding hydrogens is 390 g/mol. The van der Waals surface area contributed by atoms with Crippen molar-refractivity contribution in [2.24, 2.45) is 0 Å². The van der Waals surface area contributed by atoms with Gasteiger partial charge in [0.05, 0.1) is 0 Å². The van der Waals surface area contributed by atoms with Crippen molar-refractivity contribution in [1.29, 1.82) is 0 Å². The van der Waals surface area contributed by atoms with Crippen LogP contribution in [0, 0.1) is 6.92 Å². The lowest BCUT2D eigenvalue weighted by Crippen LogP contribution is -2.01. The lowest BCUT2D eigenvalue weighted by molar-refractivity contribution is 1.10. The van der Waals surface area contributed by atoms with Crippen LogP contribution in [0.3, 0.4) is 0 Å².